The van der Waals surface area contributed by atoms with Crippen molar-refractivity contribution in [2.24, 2.45) is 5.92 Å². The second-order valence-corrected chi connectivity index (χ2v) is 6.69. The van der Waals surface area contributed by atoms with Gasteiger partial charge in [0.05, 0.1) is 18.2 Å². The summed E-state index contributed by atoms with van der Waals surface area (Å²) in [6.45, 7) is 2.35. The van der Waals surface area contributed by atoms with E-state index < -0.39 is 0 Å². The summed E-state index contributed by atoms with van der Waals surface area (Å²) >= 11 is 0. The molecule has 128 valence electrons. The summed E-state index contributed by atoms with van der Waals surface area (Å²) in [6.07, 6.45) is 3.80. The molecule has 0 spiro atoms. The van der Waals surface area contributed by atoms with E-state index in [-0.39, 0.29) is 17.7 Å². The van der Waals surface area contributed by atoms with E-state index in [0.29, 0.717) is 38.5 Å². The van der Waals surface area contributed by atoms with E-state index in [9.17, 15) is 9.59 Å². The minimum Gasteiger partial charge on any atom is -0.341 e. The van der Waals surface area contributed by atoms with Crippen LogP contribution >= 0.6 is 0 Å². The molecule has 2 aliphatic heterocycles. The smallest absolute Gasteiger partial charge is 0.228 e. The molecule has 0 saturated carbocycles. The van der Waals surface area contributed by atoms with Gasteiger partial charge in [-0.3, -0.25) is 19.6 Å². The first kappa shape index (κ1) is 15.7. The molecule has 6 heteroatoms. The monoisotopic (exact) mass is 336 g/mol. The molecule has 25 heavy (non-hydrogen) atoms. The predicted octanol–water partition coefficient (Wildman–Crippen LogP) is 1.45. The zero-order chi connectivity index (χ0) is 17.2. The Bertz CT molecular complexity index is 760. The second-order valence-electron chi connectivity index (χ2n) is 6.69. The molecule has 2 fully saturated rings. The van der Waals surface area contributed by atoms with Gasteiger partial charge in [0.15, 0.2) is 0 Å². The molecule has 2 aromatic rings. The summed E-state index contributed by atoms with van der Waals surface area (Å²) in [5.41, 5.74) is 1.88. The van der Waals surface area contributed by atoms with Crippen LogP contribution in [0, 0.1) is 5.92 Å². The molecule has 0 bridgehead atoms. The van der Waals surface area contributed by atoms with Gasteiger partial charge in [-0.1, -0.05) is 12.1 Å². The molecular formula is C19H20N4O2. The molecule has 0 aromatic carbocycles. The van der Waals surface area contributed by atoms with Gasteiger partial charge >= 0.3 is 0 Å². The summed E-state index contributed by atoms with van der Waals surface area (Å²) < 4.78 is 0. The lowest BCUT2D eigenvalue weighted by atomic mass is 9.93. The quantitative estimate of drug-likeness (QED) is 0.848. The maximum absolute atomic E-state index is 12.7. The zero-order valence-electron chi connectivity index (χ0n) is 13.9. The Morgan fingerprint density at radius 1 is 1.04 bits per heavy atom. The van der Waals surface area contributed by atoms with E-state index in [1.807, 2.05) is 41.3 Å². The fraction of sp³-hybridized carbons (Fsp3) is 0.368. The second kappa shape index (κ2) is 6.63. The third kappa shape index (κ3) is 3.24. The van der Waals surface area contributed by atoms with Crippen LogP contribution in [0.25, 0.3) is 0 Å². The van der Waals surface area contributed by atoms with Crippen LogP contribution in [0.15, 0.2) is 48.8 Å². The summed E-state index contributed by atoms with van der Waals surface area (Å²) in [5, 5.41) is 0. The molecule has 4 heterocycles. The molecule has 0 unspecified atom stereocenters. The largest absolute Gasteiger partial charge is 0.341 e. The summed E-state index contributed by atoms with van der Waals surface area (Å²) in [6, 6.07) is 11.5. The van der Waals surface area contributed by atoms with Gasteiger partial charge in [0, 0.05) is 50.1 Å². The molecular weight excluding hydrogens is 316 g/mol. The van der Waals surface area contributed by atoms with Crippen molar-refractivity contribution in [3.8, 4) is 0 Å². The van der Waals surface area contributed by atoms with Crippen LogP contribution in [-0.4, -0.2) is 51.2 Å². The average molecular weight is 336 g/mol. The molecule has 2 amide bonds. The predicted molar refractivity (Wildman–Crippen MR) is 91.3 cm³/mol. The molecule has 1 atom stereocenters. The first-order valence-electron chi connectivity index (χ1n) is 8.58. The molecule has 2 saturated heterocycles. The number of pyridine rings is 2. The molecule has 6 nitrogen and oxygen atoms in total. The van der Waals surface area contributed by atoms with Crippen LogP contribution in [-0.2, 0) is 16.1 Å². The normalized spacial score (nSPS) is 20.6. The number of nitrogens with zero attached hydrogens (tertiary/aromatic N) is 4. The molecule has 2 aliphatic rings. The van der Waals surface area contributed by atoms with E-state index >= 15 is 0 Å². The van der Waals surface area contributed by atoms with Crippen molar-refractivity contribution >= 4 is 11.8 Å². The Balaban J connectivity index is 1.33. The molecule has 2 aromatic heterocycles. The van der Waals surface area contributed by atoms with Crippen LogP contribution in [0.1, 0.15) is 23.7 Å². The van der Waals surface area contributed by atoms with Gasteiger partial charge in [-0.25, -0.2) is 0 Å². The van der Waals surface area contributed by atoms with Crippen LogP contribution in [0.4, 0.5) is 0 Å². The Hall–Kier alpha value is -2.76. The van der Waals surface area contributed by atoms with E-state index in [2.05, 4.69) is 9.97 Å². The topological polar surface area (TPSA) is 66.4 Å². The van der Waals surface area contributed by atoms with Crippen LogP contribution in [0.2, 0.25) is 0 Å². The van der Waals surface area contributed by atoms with Crippen molar-refractivity contribution in [3.05, 3.63) is 60.2 Å². The van der Waals surface area contributed by atoms with Gasteiger partial charge in [-0.15, -0.1) is 0 Å². The van der Waals surface area contributed by atoms with Crippen molar-refractivity contribution in [3.63, 3.8) is 0 Å². The highest BCUT2D eigenvalue weighted by atomic mass is 16.2. The summed E-state index contributed by atoms with van der Waals surface area (Å²) in [5.74, 6) is 0.197. The molecule has 0 N–H and O–H groups in total. The number of likely N-dealkylation sites (tertiary alicyclic amines) is 2. The third-order valence-corrected chi connectivity index (χ3v) is 4.94. The van der Waals surface area contributed by atoms with Crippen molar-refractivity contribution in [1.82, 2.24) is 19.8 Å². The van der Waals surface area contributed by atoms with Gasteiger partial charge in [0.25, 0.3) is 0 Å². The highest BCUT2D eigenvalue weighted by Crippen LogP contribution is 2.29. The van der Waals surface area contributed by atoms with Crippen molar-refractivity contribution < 1.29 is 9.59 Å². The van der Waals surface area contributed by atoms with E-state index in [1.165, 1.54) is 0 Å². The lowest BCUT2D eigenvalue weighted by Gasteiger charge is -2.40. The Labute approximate surface area is 146 Å². The maximum atomic E-state index is 12.7. The zero-order valence-corrected chi connectivity index (χ0v) is 13.9. The number of carbonyl (C=O) groups is 2. The Morgan fingerprint density at radius 2 is 1.80 bits per heavy atom. The van der Waals surface area contributed by atoms with Gasteiger partial charge in [0.2, 0.25) is 11.8 Å². The molecule has 4 rings (SSSR count). The Kier molecular flexibility index (Phi) is 4.17. The van der Waals surface area contributed by atoms with E-state index in [4.69, 9.17) is 0 Å². The average Bonchev–Trinajstić information content (AvgIpc) is 2.96. The minimum absolute atomic E-state index is 0.0332. The third-order valence-electron chi connectivity index (χ3n) is 4.94. The minimum atomic E-state index is -0.235. The van der Waals surface area contributed by atoms with Gasteiger partial charge in [0.1, 0.15) is 0 Å². The number of hydrogen-bond acceptors (Lipinski definition) is 4. The van der Waals surface area contributed by atoms with Crippen LogP contribution in [0.3, 0.4) is 0 Å². The standard InChI is InChI=1S/C19H20N4O2/c24-18-9-14(10-22(18)13-16-5-1-3-7-20-16)19(25)23-11-15(12-23)17-6-2-4-8-21-17/h1-8,14-15H,9-13H2/t14-/m0/s1. The maximum Gasteiger partial charge on any atom is 0.228 e. The van der Waals surface area contributed by atoms with Crippen LogP contribution < -0.4 is 0 Å². The lowest BCUT2D eigenvalue weighted by molar-refractivity contribution is -0.140. The molecule has 0 radical (unpaired) electrons. The Morgan fingerprint density at radius 3 is 2.48 bits per heavy atom. The SMILES string of the molecule is O=C1C[C@H](C(=O)N2CC(c3ccccn3)C2)CN1Cc1ccccn1. The fourth-order valence-electron chi connectivity index (χ4n) is 3.50. The fourth-order valence-corrected chi connectivity index (χ4v) is 3.50. The number of rotatable bonds is 4. The van der Waals surface area contributed by atoms with Crippen molar-refractivity contribution in [1.29, 1.82) is 0 Å². The lowest BCUT2D eigenvalue weighted by Crippen LogP contribution is -2.51. The van der Waals surface area contributed by atoms with Gasteiger partial charge in [-0.2, -0.15) is 0 Å². The first-order valence-corrected chi connectivity index (χ1v) is 8.58. The van der Waals surface area contributed by atoms with Crippen molar-refractivity contribution in [2.45, 2.75) is 18.9 Å². The van der Waals surface area contributed by atoms with Gasteiger partial charge < -0.3 is 9.80 Å². The van der Waals surface area contributed by atoms with E-state index in [1.54, 1.807) is 17.3 Å². The highest BCUT2D eigenvalue weighted by molar-refractivity contribution is 5.89. The number of amides is 2. The number of aromatic nitrogens is 2. The summed E-state index contributed by atoms with van der Waals surface area (Å²) in [4.78, 5) is 37.1. The number of carbonyl (C=O) groups excluding carboxylic acids is 2. The summed E-state index contributed by atoms with van der Waals surface area (Å²) in [7, 11) is 0. The van der Waals surface area contributed by atoms with Crippen molar-refractivity contribution in [2.75, 3.05) is 19.6 Å². The highest BCUT2D eigenvalue weighted by Gasteiger charge is 2.41. The van der Waals surface area contributed by atoms with Gasteiger partial charge in [-0.05, 0) is 24.3 Å². The number of hydrogen-bond donors (Lipinski definition) is 0. The first-order chi connectivity index (χ1) is 12.2. The molecule has 0 aliphatic carbocycles. The van der Waals surface area contributed by atoms with E-state index in [0.717, 1.165) is 11.4 Å². The van der Waals surface area contributed by atoms with Crippen LogP contribution in [0.5, 0.6) is 0 Å².